The summed E-state index contributed by atoms with van der Waals surface area (Å²) in [7, 11) is 0. The molecular formula is C23H23Cl2N3O5. The minimum atomic E-state index is -0.585. The number of rotatable bonds is 6. The second kappa shape index (κ2) is 9.89. The third-order valence-electron chi connectivity index (χ3n) is 5.47. The summed E-state index contributed by atoms with van der Waals surface area (Å²) in [5.41, 5.74) is 0.736. The number of nitrogens with one attached hydrogen (secondary N) is 3. The quantitative estimate of drug-likeness (QED) is 0.567. The summed E-state index contributed by atoms with van der Waals surface area (Å²) in [4.78, 5) is 36.4. The van der Waals surface area contributed by atoms with Crippen molar-refractivity contribution < 1.29 is 23.9 Å². The highest BCUT2D eigenvalue weighted by Gasteiger charge is 2.42. The van der Waals surface area contributed by atoms with Gasteiger partial charge in [-0.2, -0.15) is 0 Å². The molecule has 2 aromatic carbocycles. The summed E-state index contributed by atoms with van der Waals surface area (Å²) in [6.07, 6.45) is 4.98. The average Bonchev–Trinajstić information content (AvgIpc) is 3.13. The number of benzene rings is 2. The second-order valence-corrected chi connectivity index (χ2v) is 8.81. The van der Waals surface area contributed by atoms with Crippen molar-refractivity contribution >= 4 is 46.6 Å². The normalized spacial score (nSPS) is 15.7. The molecule has 3 N–H and O–H groups in total. The van der Waals surface area contributed by atoms with Crippen LogP contribution in [0.25, 0.3) is 0 Å². The summed E-state index contributed by atoms with van der Waals surface area (Å²) in [5, 5.41) is 8.20. The van der Waals surface area contributed by atoms with Gasteiger partial charge >= 0.3 is 0 Å². The maximum absolute atomic E-state index is 12.2. The number of anilines is 1. The van der Waals surface area contributed by atoms with Gasteiger partial charge in [0.2, 0.25) is 11.8 Å². The lowest BCUT2D eigenvalue weighted by molar-refractivity contribution is -0.123. The first-order valence-corrected chi connectivity index (χ1v) is 11.4. The molecule has 0 aromatic heterocycles. The van der Waals surface area contributed by atoms with E-state index >= 15 is 0 Å². The molecule has 10 heteroatoms. The van der Waals surface area contributed by atoms with Crippen LogP contribution in [0.15, 0.2) is 36.4 Å². The van der Waals surface area contributed by atoms with E-state index in [1.54, 1.807) is 18.2 Å². The van der Waals surface area contributed by atoms with E-state index in [4.69, 9.17) is 32.7 Å². The van der Waals surface area contributed by atoms with Gasteiger partial charge in [0.1, 0.15) is 0 Å². The van der Waals surface area contributed by atoms with Crippen molar-refractivity contribution in [3.05, 3.63) is 52.0 Å². The molecule has 1 aliphatic heterocycles. The molecule has 174 valence electrons. The number of hydrogen-bond acceptors (Lipinski definition) is 5. The summed E-state index contributed by atoms with van der Waals surface area (Å²) in [5.74, 6) is -0.776. The Kier molecular flexibility index (Phi) is 6.95. The first-order chi connectivity index (χ1) is 15.8. The van der Waals surface area contributed by atoms with Gasteiger partial charge in [0.15, 0.2) is 11.5 Å². The lowest BCUT2D eigenvalue weighted by Gasteiger charge is -2.31. The SMILES string of the molecule is O=C(CNC(=O)c1ccc(Cl)cc1Cl)NCC(=O)Nc1ccc2c(c1)OC1(CCCCC1)O2. The van der Waals surface area contributed by atoms with E-state index in [0.29, 0.717) is 22.2 Å². The predicted octanol–water partition coefficient (Wildman–Crippen LogP) is 3.91. The molecule has 3 amide bonds. The van der Waals surface area contributed by atoms with E-state index < -0.39 is 23.5 Å². The molecule has 1 fully saturated rings. The molecule has 2 aromatic rings. The van der Waals surface area contributed by atoms with Gasteiger partial charge in [0, 0.05) is 29.6 Å². The van der Waals surface area contributed by atoms with E-state index in [-0.39, 0.29) is 23.7 Å². The molecule has 1 saturated carbocycles. The molecule has 0 bridgehead atoms. The number of halogens is 2. The Labute approximate surface area is 200 Å². The van der Waals surface area contributed by atoms with Gasteiger partial charge in [-0.3, -0.25) is 14.4 Å². The van der Waals surface area contributed by atoms with Crippen LogP contribution < -0.4 is 25.4 Å². The van der Waals surface area contributed by atoms with E-state index in [0.717, 1.165) is 25.7 Å². The number of amides is 3. The fourth-order valence-corrected chi connectivity index (χ4v) is 4.34. The number of fused-ring (bicyclic) bond motifs is 1. The largest absolute Gasteiger partial charge is 0.448 e. The molecular weight excluding hydrogens is 469 g/mol. The van der Waals surface area contributed by atoms with Gasteiger partial charge in [0.05, 0.1) is 23.7 Å². The maximum Gasteiger partial charge on any atom is 0.253 e. The second-order valence-electron chi connectivity index (χ2n) is 7.97. The van der Waals surface area contributed by atoms with Crippen molar-refractivity contribution in [1.82, 2.24) is 10.6 Å². The van der Waals surface area contributed by atoms with Gasteiger partial charge in [-0.25, -0.2) is 0 Å². The van der Waals surface area contributed by atoms with Crippen molar-refractivity contribution in [1.29, 1.82) is 0 Å². The van der Waals surface area contributed by atoms with Crippen LogP contribution in [0.2, 0.25) is 10.0 Å². The predicted molar refractivity (Wildman–Crippen MR) is 124 cm³/mol. The molecule has 0 radical (unpaired) electrons. The van der Waals surface area contributed by atoms with Crippen LogP contribution in [0.1, 0.15) is 42.5 Å². The first kappa shape index (κ1) is 23.2. The van der Waals surface area contributed by atoms with Crippen molar-refractivity contribution in [3.8, 4) is 11.5 Å². The van der Waals surface area contributed by atoms with Crippen molar-refractivity contribution in [2.24, 2.45) is 0 Å². The van der Waals surface area contributed by atoms with Gasteiger partial charge in [-0.15, -0.1) is 0 Å². The highest BCUT2D eigenvalue weighted by molar-refractivity contribution is 6.36. The average molecular weight is 492 g/mol. The van der Waals surface area contributed by atoms with Gasteiger partial charge < -0.3 is 25.4 Å². The van der Waals surface area contributed by atoms with E-state index in [2.05, 4.69) is 16.0 Å². The minimum absolute atomic E-state index is 0.179. The lowest BCUT2D eigenvalue weighted by Crippen LogP contribution is -2.40. The van der Waals surface area contributed by atoms with Crippen LogP contribution in [0.5, 0.6) is 11.5 Å². The summed E-state index contributed by atoms with van der Waals surface area (Å²) in [6.45, 7) is -0.564. The summed E-state index contributed by atoms with van der Waals surface area (Å²) < 4.78 is 12.1. The number of carbonyl (C=O) groups is 3. The molecule has 33 heavy (non-hydrogen) atoms. The highest BCUT2D eigenvalue weighted by atomic mass is 35.5. The van der Waals surface area contributed by atoms with Gasteiger partial charge in [0.25, 0.3) is 11.7 Å². The Morgan fingerprint density at radius 2 is 1.58 bits per heavy atom. The molecule has 1 aliphatic carbocycles. The van der Waals surface area contributed by atoms with Crippen LogP contribution in [-0.4, -0.2) is 36.6 Å². The van der Waals surface area contributed by atoms with E-state index in [1.807, 2.05) is 0 Å². The zero-order valence-corrected chi connectivity index (χ0v) is 19.2. The molecule has 4 rings (SSSR count). The van der Waals surface area contributed by atoms with Crippen LogP contribution in [0.4, 0.5) is 5.69 Å². The Morgan fingerprint density at radius 1 is 0.848 bits per heavy atom. The fourth-order valence-electron chi connectivity index (χ4n) is 3.84. The topological polar surface area (TPSA) is 106 Å². The van der Waals surface area contributed by atoms with Crippen LogP contribution in [0.3, 0.4) is 0 Å². The van der Waals surface area contributed by atoms with Crippen LogP contribution in [-0.2, 0) is 9.59 Å². The monoisotopic (exact) mass is 491 g/mol. The number of carbonyl (C=O) groups excluding carboxylic acids is 3. The third kappa shape index (κ3) is 5.69. The number of ether oxygens (including phenoxy) is 2. The standard InChI is InChI=1S/C23H23Cl2N3O5/c24-14-4-6-16(17(25)10-14)22(31)27-12-20(29)26-13-21(30)28-15-5-7-18-19(11-15)33-23(32-18)8-2-1-3-9-23/h4-7,10-11H,1-3,8-9,12-13H2,(H,26,29)(H,27,31)(H,28,30). The van der Waals surface area contributed by atoms with E-state index in [1.165, 1.54) is 24.6 Å². The zero-order chi connectivity index (χ0) is 23.4. The smallest absolute Gasteiger partial charge is 0.253 e. The highest BCUT2D eigenvalue weighted by Crippen LogP contribution is 2.46. The van der Waals surface area contributed by atoms with Gasteiger partial charge in [-0.1, -0.05) is 29.6 Å². The Balaban J connectivity index is 1.22. The van der Waals surface area contributed by atoms with Crippen molar-refractivity contribution in [2.75, 3.05) is 18.4 Å². The number of hydrogen-bond donors (Lipinski definition) is 3. The molecule has 8 nitrogen and oxygen atoms in total. The Hall–Kier alpha value is -2.97. The molecule has 0 atom stereocenters. The van der Waals surface area contributed by atoms with Crippen molar-refractivity contribution in [3.63, 3.8) is 0 Å². The minimum Gasteiger partial charge on any atom is -0.448 e. The van der Waals surface area contributed by atoms with Crippen LogP contribution in [0, 0.1) is 0 Å². The molecule has 1 spiro atoms. The molecule has 0 unspecified atom stereocenters. The molecule has 0 saturated heterocycles. The fraction of sp³-hybridized carbons (Fsp3) is 0.348. The Morgan fingerprint density at radius 3 is 2.33 bits per heavy atom. The molecule has 1 heterocycles. The van der Waals surface area contributed by atoms with Crippen LogP contribution >= 0.6 is 23.2 Å². The molecule has 2 aliphatic rings. The van der Waals surface area contributed by atoms with Crippen molar-refractivity contribution in [2.45, 2.75) is 37.9 Å². The lowest BCUT2D eigenvalue weighted by atomic mass is 9.94. The van der Waals surface area contributed by atoms with Gasteiger partial charge in [-0.05, 0) is 43.2 Å². The third-order valence-corrected chi connectivity index (χ3v) is 6.01. The maximum atomic E-state index is 12.2. The Bertz CT molecular complexity index is 1090. The van der Waals surface area contributed by atoms with E-state index in [9.17, 15) is 14.4 Å². The zero-order valence-electron chi connectivity index (χ0n) is 17.7. The first-order valence-electron chi connectivity index (χ1n) is 10.7. The summed E-state index contributed by atoms with van der Waals surface area (Å²) >= 11 is 11.8. The summed E-state index contributed by atoms with van der Waals surface area (Å²) in [6, 6.07) is 9.64.